The van der Waals surface area contributed by atoms with E-state index in [0.29, 0.717) is 5.02 Å². The van der Waals surface area contributed by atoms with Crippen molar-refractivity contribution >= 4 is 29.1 Å². The van der Waals surface area contributed by atoms with Crippen molar-refractivity contribution in [1.29, 1.82) is 0 Å². The minimum atomic E-state index is -4.51. The van der Waals surface area contributed by atoms with E-state index in [-0.39, 0.29) is 22.7 Å². The second-order valence-corrected chi connectivity index (χ2v) is 7.76. The fraction of sp³-hybridized carbons (Fsp3) is 0.250. The summed E-state index contributed by atoms with van der Waals surface area (Å²) in [5, 5.41) is 18.7. The summed E-state index contributed by atoms with van der Waals surface area (Å²) in [5.41, 5.74) is -2.32. The zero-order valence-corrected chi connectivity index (χ0v) is 17.6. The first-order valence-electron chi connectivity index (χ1n) is 8.99. The van der Waals surface area contributed by atoms with Crippen molar-refractivity contribution < 1.29 is 23.1 Å². The maximum atomic E-state index is 12.8. The number of hydrogen-bond acceptors (Lipinski definition) is 4. The Hall–Kier alpha value is -2.62. The number of carbonyl (C=O) groups excluding carboxylic acids is 1. The molecule has 31 heavy (non-hydrogen) atoms. The lowest BCUT2D eigenvalue weighted by Crippen LogP contribution is -2.51. The fourth-order valence-corrected chi connectivity index (χ4v) is 3.64. The number of nitrogens with one attached hydrogen (secondary N) is 1. The summed E-state index contributed by atoms with van der Waals surface area (Å²) in [7, 11) is 0. The van der Waals surface area contributed by atoms with Crippen molar-refractivity contribution in [2.45, 2.75) is 31.3 Å². The summed E-state index contributed by atoms with van der Waals surface area (Å²) in [5.74, 6) is -0.664. The number of aliphatic hydroxyl groups is 1. The van der Waals surface area contributed by atoms with Gasteiger partial charge in [-0.25, -0.2) is 9.67 Å². The number of aromatic nitrogens is 3. The Kier molecular flexibility index (Phi) is 6.59. The van der Waals surface area contributed by atoms with Crippen molar-refractivity contribution in [2.75, 3.05) is 0 Å². The van der Waals surface area contributed by atoms with Crippen LogP contribution in [0.3, 0.4) is 0 Å². The lowest BCUT2D eigenvalue weighted by Gasteiger charge is -2.35. The predicted octanol–water partition coefficient (Wildman–Crippen LogP) is 4.31. The lowest BCUT2D eigenvalue weighted by atomic mass is 9.86. The molecule has 0 spiro atoms. The van der Waals surface area contributed by atoms with Gasteiger partial charge in [0.05, 0.1) is 18.2 Å². The molecule has 2 N–H and O–H groups in total. The Morgan fingerprint density at radius 2 is 1.87 bits per heavy atom. The van der Waals surface area contributed by atoms with E-state index in [1.54, 1.807) is 13.0 Å². The molecule has 1 amide bonds. The first-order valence-corrected chi connectivity index (χ1v) is 9.75. The van der Waals surface area contributed by atoms with Crippen LogP contribution in [-0.4, -0.2) is 31.8 Å². The number of benzene rings is 2. The van der Waals surface area contributed by atoms with Crippen LogP contribution < -0.4 is 5.32 Å². The molecule has 0 bridgehead atoms. The van der Waals surface area contributed by atoms with E-state index in [1.165, 1.54) is 29.5 Å². The van der Waals surface area contributed by atoms with Gasteiger partial charge in [-0.3, -0.25) is 4.79 Å². The van der Waals surface area contributed by atoms with E-state index in [0.717, 1.165) is 24.3 Å². The molecule has 0 aliphatic rings. The van der Waals surface area contributed by atoms with Gasteiger partial charge in [0.25, 0.3) is 5.91 Å². The summed E-state index contributed by atoms with van der Waals surface area (Å²) in [6.45, 7) is 1.44. The molecule has 3 rings (SSSR count). The molecule has 164 valence electrons. The van der Waals surface area contributed by atoms with Gasteiger partial charge in [-0.15, -0.1) is 0 Å². The fourth-order valence-electron chi connectivity index (χ4n) is 3.07. The quantitative estimate of drug-likeness (QED) is 0.560. The van der Waals surface area contributed by atoms with Crippen molar-refractivity contribution in [3.05, 3.63) is 81.9 Å². The highest BCUT2D eigenvalue weighted by Gasteiger charge is 2.39. The zero-order valence-electron chi connectivity index (χ0n) is 16.1. The van der Waals surface area contributed by atoms with Gasteiger partial charge < -0.3 is 10.4 Å². The molecule has 1 heterocycles. The highest BCUT2D eigenvalue weighted by Crippen LogP contribution is 2.35. The number of halogens is 5. The first-order chi connectivity index (χ1) is 14.5. The van der Waals surface area contributed by atoms with E-state index in [9.17, 15) is 23.1 Å². The molecule has 11 heteroatoms. The maximum absolute atomic E-state index is 12.8. The van der Waals surface area contributed by atoms with Crippen LogP contribution in [0.1, 0.15) is 28.4 Å². The smallest absolute Gasteiger partial charge is 0.381 e. The number of amides is 1. The molecular weight excluding hydrogens is 456 g/mol. The molecule has 0 radical (unpaired) electrons. The number of alkyl halides is 3. The number of nitrogens with zero attached hydrogens (tertiary/aromatic N) is 3. The van der Waals surface area contributed by atoms with Crippen LogP contribution in [-0.2, 0) is 18.3 Å². The van der Waals surface area contributed by atoms with Gasteiger partial charge in [0, 0.05) is 21.2 Å². The first kappa shape index (κ1) is 23.1. The van der Waals surface area contributed by atoms with Crippen LogP contribution in [0.4, 0.5) is 13.2 Å². The molecule has 2 unspecified atom stereocenters. The van der Waals surface area contributed by atoms with Crippen LogP contribution in [0.2, 0.25) is 10.0 Å². The monoisotopic (exact) mass is 472 g/mol. The standard InChI is InChI=1S/C20H17Cl2F3N4O2/c1-12(28-18(30)13-2-4-14(5-3-13)20(23,24)25)19(31,9-29-11-26-10-27-29)16-7-6-15(21)8-17(16)22/h2-8,10-12,31H,9H2,1H3,(H,28,30). The van der Waals surface area contributed by atoms with Gasteiger partial charge in [0.2, 0.25) is 0 Å². The lowest BCUT2D eigenvalue weighted by molar-refractivity contribution is -0.137. The van der Waals surface area contributed by atoms with Gasteiger partial charge in [-0.05, 0) is 43.3 Å². The third-order valence-corrected chi connectivity index (χ3v) is 5.35. The Balaban J connectivity index is 1.89. The molecule has 0 aliphatic heterocycles. The van der Waals surface area contributed by atoms with Gasteiger partial charge in [-0.2, -0.15) is 18.3 Å². The summed E-state index contributed by atoms with van der Waals surface area (Å²) in [6.07, 6.45) is -1.83. The molecule has 0 saturated carbocycles. The Labute approximate surface area is 185 Å². The van der Waals surface area contributed by atoms with E-state index < -0.39 is 29.3 Å². The molecule has 6 nitrogen and oxygen atoms in total. The Bertz CT molecular complexity index is 1060. The van der Waals surface area contributed by atoms with Crippen LogP contribution >= 0.6 is 23.2 Å². The van der Waals surface area contributed by atoms with Crippen LogP contribution in [0.15, 0.2) is 55.1 Å². The van der Waals surface area contributed by atoms with E-state index in [1.807, 2.05) is 0 Å². The maximum Gasteiger partial charge on any atom is 0.416 e. The zero-order chi connectivity index (χ0) is 22.8. The summed E-state index contributed by atoms with van der Waals surface area (Å²) < 4.78 is 39.6. The molecular formula is C20H17Cl2F3N4O2. The van der Waals surface area contributed by atoms with Gasteiger partial charge in [-0.1, -0.05) is 29.3 Å². The predicted molar refractivity (Wildman–Crippen MR) is 109 cm³/mol. The van der Waals surface area contributed by atoms with E-state index in [4.69, 9.17) is 23.2 Å². The average Bonchev–Trinajstić information content (AvgIpc) is 3.19. The molecule has 0 aliphatic carbocycles. The molecule has 3 aromatic rings. The normalized spacial score (nSPS) is 14.7. The van der Waals surface area contributed by atoms with Gasteiger partial charge >= 0.3 is 6.18 Å². The summed E-state index contributed by atoms with van der Waals surface area (Å²) in [4.78, 5) is 16.5. The van der Waals surface area contributed by atoms with Crippen LogP contribution in [0, 0.1) is 0 Å². The van der Waals surface area contributed by atoms with Crippen molar-refractivity contribution in [3.63, 3.8) is 0 Å². The summed E-state index contributed by atoms with van der Waals surface area (Å²) in [6, 6.07) is 7.36. The molecule has 0 fully saturated rings. The van der Waals surface area contributed by atoms with Gasteiger partial charge in [0.1, 0.15) is 18.3 Å². The van der Waals surface area contributed by atoms with Gasteiger partial charge in [0.15, 0.2) is 0 Å². The van der Waals surface area contributed by atoms with Crippen molar-refractivity contribution in [2.24, 2.45) is 0 Å². The van der Waals surface area contributed by atoms with Crippen molar-refractivity contribution in [1.82, 2.24) is 20.1 Å². The average molecular weight is 473 g/mol. The van der Waals surface area contributed by atoms with Crippen LogP contribution in [0.5, 0.6) is 0 Å². The number of carbonyl (C=O) groups is 1. The minimum Gasteiger partial charge on any atom is -0.381 e. The number of hydrogen-bond donors (Lipinski definition) is 2. The van der Waals surface area contributed by atoms with Crippen LogP contribution in [0.25, 0.3) is 0 Å². The topological polar surface area (TPSA) is 80.0 Å². The third-order valence-electron chi connectivity index (χ3n) is 4.81. The highest BCUT2D eigenvalue weighted by atomic mass is 35.5. The molecule has 0 saturated heterocycles. The Morgan fingerprint density at radius 1 is 1.19 bits per heavy atom. The van der Waals surface area contributed by atoms with E-state index in [2.05, 4.69) is 15.4 Å². The minimum absolute atomic E-state index is 0.00478. The highest BCUT2D eigenvalue weighted by molar-refractivity contribution is 6.35. The van der Waals surface area contributed by atoms with Crippen molar-refractivity contribution in [3.8, 4) is 0 Å². The number of rotatable bonds is 6. The molecule has 2 aromatic carbocycles. The molecule has 1 aromatic heterocycles. The SMILES string of the molecule is CC(NC(=O)c1ccc(C(F)(F)F)cc1)C(O)(Cn1cncn1)c1ccc(Cl)cc1Cl. The second kappa shape index (κ2) is 8.86. The second-order valence-electron chi connectivity index (χ2n) is 6.91. The Morgan fingerprint density at radius 3 is 2.42 bits per heavy atom. The van der Waals surface area contributed by atoms with E-state index >= 15 is 0 Å². The third kappa shape index (κ3) is 5.17. The molecule has 2 atom stereocenters. The summed E-state index contributed by atoms with van der Waals surface area (Å²) >= 11 is 12.3. The largest absolute Gasteiger partial charge is 0.416 e.